The Morgan fingerprint density at radius 3 is 2.60 bits per heavy atom. The number of hydrogen-bond acceptors (Lipinski definition) is 2. The van der Waals surface area contributed by atoms with Crippen LogP contribution >= 0.6 is 15.9 Å². The second-order valence-corrected chi connectivity index (χ2v) is 5.03. The van der Waals surface area contributed by atoms with Crippen LogP contribution in [-0.2, 0) is 5.41 Å². The average molecular weight is 271 g/mol. The van der Waals surface area contributed by atoms with Crippen LogP contribution in [0.5, 0.6) is 5.75 Å². The molecule has 1 atom stereocenters. The molecule has 1 N–H and O–H groups in total. The minimum absolute atomic E-state index is 0.0482. The summed E-state index contributed by atoms with van der Waals surface area (Å²) < 4.78 is 6.27. The van der Waals surface area contributed by atoms with Gasteiger partial charge in [-0.15, -0.1) is 0 Å². The van der Waals surface area contributed by atoms with Gasteiger partial charge < -0.3 is 9.84 Å². The average Bonchev–Trinajstić information content (AvgIpc) is 2.99. The van der Waals surface area contributed by atoms with E-state index in [0.717, 1.165) is 28.6 Å². The van der Waals surface area contributed by atoms with Crippen LogP contribution in [0.3, 0.4) is 0 Å². The van der Waals surface area contributed by atoms with E-state index in [2.05, 4.69) is 15.9 Å². The Morgan fingerprint density at radius 2 is 2.13 bits per heavy atom. The van der Waals surface area contributed by atoms with Crippen molar-refractivity contribution in [1.29, 1.82) is 0 Å². The molecule has 0 saturated heterocycles. The second kappa shape index (κ2) is 3.80. The first-order valence-corrected chi connectivity index (χ1v) is 5.91. The van der Waals surface area contributed by atoms with E-state index in [-0.39, 0.29) is 11.5 Å². The van der Waals surface area contributed by atoms with E-state index >= 15 is 0 Å². The highest BCUT2D eigenvalue weighted by Crippen LogP contribution is 2.53. The molecule has 0 radical (unpaired) electrons. The van der Waals surface area contributed by atoms with Gasteiger partial charge in [-0.3, -0.25) is 0 Å². The molecule has 0 amide bonds. The van der Waals surface area contributed by atoms with Crippen LogP contribution in [0.4, 0.5) is 0 Å². The summed E-state index contributed by atoms with van der Waals surface area (Å²) in [5.74, 6) is 0.847. The topological polar surface area (TPSA) is 29.5 Å². The molecule has 2 nitrogen and oxygen atoms in total. The van der Waals surface area contributed by atoms with Crippen LogP contribution in [-0.4, -0.2) is 18.3 Å². The van der Waals surface area contributed by atoms with Crippen LogP contribution in [0, 0.1) is 0 Å². The quantitative estimate of drug-likeness (QED) is 0.916. The monoisotopic (exact) mass is 270 g/mol. The molecule has 0 bridgehead atoms. The molecular weight excluding hydrogens is 256 g/mol. The van der Waals surface area contributed by atoms with Crippen LogP contribution in [0.1, 0.15) is 25.3 Å². The molecule has 82 valence electrons. The fourth-order valence-corrected chi connectivity index (χ4v) is 2.70. The van der Waals surface area contributed by atoms with Crippen molar-refractivity contribution >= 4 is 15.9 Å². The number of benzene rings is 1. The Kier molecular flexibility index (Phi) is 2.77. The van der Waals surface area contributed by atoms with Crippen molar-refractivity contribution in [3.63, 3.8) is 0 Å². The largest absolute Gasteiger partial charge is 0.497 e. The van der Waals surface area contributed by atoms with Crippen molar-refractivity contribution in [2.24, 2.45) is 0 Å². The van der Waals surface area contributed by atoms with E-state index in [1.165, 1.54) is 0 Å². The lowest BCUT2D eigenvalue weighted by Gasteiger charge is -2.21. The van der Waals surface area contributed by atoms with Crippen molar-refractivity contribution < 1.29 is 9.84 Å². The molecule has 1 saturated carbocycles. The number of ether oxygens (including phenoxy) is 1. The molecular formula is C12H15BrO2. The number of methoxy groups -OCH3 is 1. The van der Waals surface area contributed by atoms with E-state index in [9.17, 15) is 5.11 Å². The lowest BCUT2D eigenvalue weighted by molar-refractivity contribution is 0.150. The van der Waals surface area contributed by atoms with Gasteiger partial charge in [0.1, 0.15) is 5.75 Å². The lowest BCUT2D eigenvalue weighted by atomic mass is 9.91. The molecule has 2 rings (SSSR count). The highest BCUT2D eigenvalue weighted by Gasteiger charge is 2.49. The Balaban J connectivity index is 2.43. The zero-order valence-corrected chi connectivity index (χ0v) is 10.5. The second-order valence-electron chi connectivity index (χ2n) is 4.18. The molecule has 0 aliphatic heterocycles. The number of aliphatic hydroxyl groups is 1. The summed E-state index contributed by atoms with van der Waals surface area (Å²) in [6.07, 6.45) is 1.80. The summed E-state index contributed by atoms with van der Waals surface area (Å²) in [6, 6.07) is 5.92. The highest BCUT2D eigenvalue weighted by atomic mass is 79.9. The Hall–Kier alpha value is -0.540. The third-order valence-electron chi connectivity index (χ3n) is 3.30. The molecule has 3 heteroatoms. The van der Waals surface area contributed by atoms with Gasteiger partial charge in [0.05, 0.1) is 13.2 Å². The maximum Gasteiger partial charge on any atom is 0.119 e. The van der Waals surface area contributed by atoms with E-state index < -0.39 is 0 Å². The molecule has 1 unspecified atom stereocenters. The fraction of sp³-hybridized carbons (Fsp3) is 0.500. The summed E-state index contributed by atoms with van der Waals surface area (Å²) >= 11 is 3.54. The number of aliphatic hydroxyl groups excluding tert-OH is 1. The van der Waals surface area contributed by atoms with E-state index in [1.54, 1.807) is 7.11 Å². The number of halogens is 1. The molecule has 0 heterocycles. The summed E-state index contributed by atoms with van der Waals surface area (Å²) in [4.78, 5) is 0. The third kappa shape index (κ3) is 1.79. The lowest BCUT2D eigenvalue weighted by Crippen LogP contribution is -2.23. The number of hydrogen-bond donors (Lipinski definition) is 1. The molecule has 0 spiro atoms. The van der Waals surface area contributed by atoms with Gasteiger partial charge in [0.25, 0.3) is 0 Å². The van der Waals surface area contributed by atoms with Gasteiger partial charge in [-0.2, -0.15) is 0 Å². The van der Waals surface area contributed by atoms with Crippen molar-refractivity contribution in [2.45, 2.75) is 31.3 Å². The minimum atomic E-state index is -0.305. The summed E-state index contributed by atoms with van der Waals surface area (Å²) in [7, 11) is 1.66. The van der Waals surface area contributed by atoms with Gasteiger partial charge in [0.2, 0.25) is 0 Å². The first kappa shape index (κ1) is 11.0. The first-order valence-electron chi connectivity index (χ1n) is 5.12. The van der Waals surface area contributed by atoms with Crippen LogP contribution in [0.25, 0.3) is 0 Å². The van der Waals surface area contributed by atoms with Gasteiger partial charge in [-0.25, -0.2) is 0 Å². The molecule has 1 fully saturated rings. The van der Waals surface area contributed by atoms with Gasteiger partial charge in [-0.05, 0) is 43.5 Å². The Morgan fingerprint density at radius 1 is 1.47 bits per heavy atom. The van der Waals surface area contributed by atoms with Crippen molar-refractivity contribution in [3.05, 3.63) is 28.2 Å². The minimum Gasteiger partial charge on any atom is -0.497 e. The van der Waals surface area contributed by atoms with Gasteiger partial charge in [-0.1, -0.05) is 15.9 Å². The first-order chi connectivity index (χ1) is 7.10. The smallest absolute Gasteiger partial charge is 0.119 e. The van der Waals surface area contributed by atoms with Gasteiger partial charge >= 0.3 is 0 Å². The number of rotatable bonds is 3. The predicted molar refractivity (Wildman–Crippen MR) is 63.3 cm³/mol. The van der Waals surface area contributed by atoms with Gasteiger partial charge in [0.15, 0.2) is 0 Å². The van der Waals surface area contributed by atoms with Crippen LogP contribution in [0.15, 0.2) is 22.7 Å². The molecule has 1 aliphatic carbocycles. The fourth-order valence-electron chi connectivity index (χ4n) is 2.06. The summed E-state index contributed by atoms with van der Waals surface area (Å²) in [5.41, 5.74) is 1.12. The van der Waals surface area contributed by atoms with Crippen LogP contribution in [0.2, 0.25) is 0 Å². The summed E-state index contributed by atoms with van der Waals surface area (Å²) in [6.45, 7) is 1.86. The van der Waals surface area contributed by atoms with Gasteiger partial charge in [0, 0.05) is 9.89 Å². The molecule has 1 aromatic rings. The normalized spacial score (nSPS) is 19.7. The molecule has 15 heavy (non-hydrogen) atoms. The standard InChI is InChI=1S/C12H15BrO2/c1-8(14)12(5-6-12)10-7-9(15-2)3-4-11(10)13/h3-4,7-8,14H,5-6H2,1-2H3. The van der Waals surface area contributed by atoms with Crippen LogP contribution < -0.4 is 4.74 Å². The van der Waals surface area contributed by atoms with E-state index in [4.69, 9.17) is 4.74 Å². The van der Waals surface area contributed by atoms with Crippen molar-refractivity contribution in [1.82, 2.24) is 0 Å². The highest BCUT2D eigenvalue weighted by molar-refractivity contribution is 9.10. The van der Waals surface area contributed by atoms with E-state index in [0.29, 0.717) is 0 Å². The maximum absolute atomic E-state index is 9.82. The van der Waals surface area contributed by atoms with Crippen molar-refractivity contribution in [2.75, 3.05) is 7.11 Å². The molecule has 0 aromatic heterocycles. The predicted octanol–water partition coefficient (Wildman–Crippen LogP) is 2.87. The third-order valence-corrected chi connectivity index (χ3v) is 3.99. The Labute approximate surface area is 98.4 Å². The van der Waals surface area contributed by atoms with E-state index in [1.807, 2.05) is 25.1 Å². The SMILES string of the molecule is COc1ccc(Br)c(C2(C(C)O)CC2)c1. The Bertz CT molecular complexity index is 370. The maximum atomic E-state index is 9.82. The molecule has 1 aromatic carbocycles. The zero-order valence-electron chi connectivity index (χ0n) is 8.96. The summed E-state index contributed by atoms with van der Waals surface area (Å²) in [5, 5.41) is 9.82. The molecule has 1 aliphatic rings. The zero-order chi connectivity index (χ0) is 11.1. The van der Waals surface area contributed by atoms with Crippen molar-refractivity contribution in [3.8, 4) is 5.75 Å².